The lowest BCUT2D eigenvalue weighted by Crippen LogP contribution is -2.42. The Morgan fingerprint density at radius 3 is 1.12 bits per heavy atom. The molecular formula is C32H22F8. The van der Waals surface area contributed by atoms with E-state index in [0.29, 0.717) is 73.2 Å². The minimum Gasteiger partial charge on any atom is -0.194 e. The van der Waals surface area contributed by atoms with Crippen LogP contribution in [-0.2, 0) is 36.5 Å². The van der Waals surface area contributed by atoms with Crippen LogP contribution in [0.3, 0.4) is 0 Å². The van der Waals surface area contributed by atoms with Crippen molar-refractivity contribution < 1.29 is 35.1 Å². The topological polar surface area (TPSA) is 0 Å². The van der Waals surface area contributed by atoms with E-state index in [1.165, 1.54) is 0 Å². The van der Waals surface area contributed by atoms with E-state index in [9.17, 15) is 0 Å². The number of allylic oxidation sites excluding steroid dienone is 4. The quantitative estimate of drug-likeness (QED) is 0.191. The molecule has 2 unspecified atom stereocenters. The van der Waals surface area contributed by atoms with Gasteiger partial charge in [0.2, 0.25) is 0 Å². The summed E-state index contributed by atoms with van der Waals surface area (Å²) in [5, 5.41) is 0. The zero-order chi connectivity index (χ0) is 28.2. The standard InChI is InChI=1S/C32H22F8/c33-29(34)21-9-11-22(12-10-21)30(35,36)32(39,40)26-14-13-25(31(29,37)38)27-23-16-20-8-6-18-2-1-17(3-4-18)5-7-19(23)15-24(20)28(26)27/h1-4,9-16,23-24H,5-8H2. The minimum absolute atomic E-state index is 0.378. The van der Waals surface area contributed by atoms with Crippen molar-refractivity contribution in [2.75, 3.05) is 0 Å². The maximum atomic E-state index is 16.0. The molecule has 0 aromatic heterocycles. The molecule has 0 aliphatic heterocycles. The molecule has 0 radical (unpaired) electrons. The smallest absolute Gasteiger partial charge is 0.194 e. The second-order valence-electron chi connectivity index (χ2n) is 11.1. The second kappa shape index (κ2) is 8.08. The van der Waals surface area contributed by atoms with Gasteiger partial charge in [0.05, 0.1) is 0 Å². The van der Waals surface area contributed by atoms with Crippen LogP contribution >= 0.6 is 0 Å². The summed E-state index contributed by atoms with van der Waals surface area (Å²) in [5.41, 5.74) is -2.22. The average Bonchev–Trinajstić information content (AvgIpc) is 2.93. The Balaban J connectivity index is 1.52. The predicted molar refractivity (Wildman–Crippen MR) is 133 cm³/mol. The molecule has 11 aliphatic carbocycles. The van der Waals surface area contributed by atoms with Crippen molar-refractivity contribution >= 4 is 0 Å². The number of alkyl halides is 8. The third kappa shape index (κ3) is 3.25. The number of benzene rings is 3. The molecule has 0 nitrogen and oxygen atoms in total. The van der Waals surface area contributed by atoms with Gasteiger partial charge >= 0.3 is 23.7 Å². The largest absolute Gasteiger partial charge is 0.340 e. The summed E-state index contributed by atoms with van der Waals surface area (Å²) in [6, 6.07) is 10.4. The highest BCUT2D eigenvalue weighted by Gasteiger charge is 2.64. The van der Waals surface area contributed by atoms with E-state index in [2.05, 4.69) is 0 Å². The van der Waals surface area contributed by atoms with Crippen LogP contribution in [0.15, 0.2) is 84.0 Å². The molecule has 0 amide bonds. The van der Waals surface area contributed by atoms with Gasteiger partial charge in [0.1, 0.15) is 0 Å². The van der Waals surface area contributed by atoms with E-state index in [1.807, 2.05) is 24.3 Å². The fraction of sp³-hybridized carbons (Fsp3) is 0.312. The molecule has 40 heavy (non-hydrogen) atoms. The van der Waals surface area contributed by atoms with Crippen molar-refractivity contribution in [2.24, 2.45) is 0 Å². The first-order valence-electron chi connectivity index (χ1n) is 13.1. The number of aryl methyl sites for hydroxylation is 2. The second-order valence-corrected chi connectivity index (χ2v) is 11.1. The van der Waals surface area contributed by atoms with Gasteiger partial charge in [0.25, 0.3) is 0 Å². The fourth-order valence-corrected chi connectivity index (χ4v) is 6.76. The third-order valence-electron chi connectivity index (χ3n) is 8.97. The van der Waals surface area contributed by atoms with Crippen LogP contribution in [0.4, 0.5) is 35.1 Å². The lowest BCUT2D eigenvalue weighted by molar-refractivity contribution is -0.228. The third-order valence-corrected chi connectivity index (χ3v) is 8.97. The maximum absolute atomic E-state index is 16.0. The SMILES string of the molecule is FC1(F)c2ccc(cc2)C(F)(F)C(F)(F)c2ccc(c3c2C2C=C4CCc5ccc(cc5)CCC2=CC43)C1(F)F. The fourth-order valence-electron chi connectivity index (χ4n) is 6.76. The molecule has 206 valence electrons. The maximum Gasteiger partial charge on any atom is 0.340 e. The molecule has 10 bridgehead atoms. The lowest BCUT2D eigenvalue weighted by atomic mass is 9.62. The highest BCUT2D eigenvalue weighted by Crippen LogP contribution is 2.62. The first-order valence-corrected chi connectivity index (χ1v) is 13.1. The van der Waals surface area contributed by atoms with Gasteiger partial charge in [0.15, 0.2) is 0 Å². The molecule has 11 aliphatic rings. The average molecular weight is 559 g/mol. The molecule has 3 aromatic rings. The van der Waals surface area contributed by atoms with Crippen LogP contribution in [-0.4, -0.2) is 0 Å². The zero-order valence-corrected chi connectivity index (χ0v) is 20.9. The summed E-state index contributed by atoms with van der Waals surface area (Å²) < 4.78 is 126. The minimum atomic E-state index is -4.80. The Hall–Kier alpha value is -3.42. The Morgan fingerprint density at radius 2 is 0.775 bits per heavy atom. The molecule has 0 saturated carbocycles. The number of halogens is 8. The Bertz CT molecular complexity index is 1470. The Labute approximate surface area is 225 Å². The molecule has 0 heterocycles. The van der Waals surface area contributed by atoms with E-state index in [0.717, 1.165) is 11.1 Å². The molecule has 14 rings (SSSR count). The lowest BCUT2D eigenvalue weighted by Gasteiger charge is -2.43. The van der Waals surface area contributed by atoms with E-state index < -0.39 is 68.9 Å². The highest BCUT2D eigenvalue weighted by molar-refractivity contribution is 5.64. The molecule has 3 aromatic carbocycles. The van der Waals surface area contributed by atoms with Crippen LogP contribution in [0.25, 0.3) is 0 Å². The van der Waals surface area contributed by atoms with Crippen LogP contribution in [0.5, 0.6) is 0 Å². The molecule has 0 spiro atoms. The first-order chi connectivity index (χ1) is 18.8. The van der Waals surface area contributed by atoms with Gasteiger partial charge in [-0.15, -0.1) is 0 Å². The van der Waals surface area contributed by atoms with Gasteiger partial charge in [0, 0.05) is 34.1 Å². The summed E-state index contributed by atoms with van der Waals surface area (Å²) in [4.78, 5) is 0. The number of hydrogen-bond donors (Lipinski definition) is 0. The van der Waals surface area contributed by atoms with E-state index >= 15 is 35.1 Å². The van der Waals surface area contributed by atoms with Crippen LogP contribution in [0, 0.1) is 0 Å². The summed E-state index contributed by atoms with van der Waals surface area (Å²) >= 11 is 0. The van der Waals surface area contributed by atoms with Gasteiger partial charge in [-0.2, -0.15) is 35.1 Å². The van der Waals surface area contributed by atoms with Crippen molar-refractivity contribution in [3.63, 3.8) is 0 Å². The van der Waals surface area contributed by atoms with Gasteiger partial charge in [-0.3, -0.25) is 0 Å². The van der Waals surface area contributed by atoms with E-state index in [-0.39, 0.29) is 0 Å². The van der Waals surface area contributed by atoms with Crippen molar-refractivity contribution in [1.82, 2.24) is 0 Å². The van der Waals surface area contributed by atoms with Crippen LogP contribution in [0.2, 0.25) is 0 Å². The zero-order valence-electron chi connectivity index (χ0n) is 20.9. The van der Waals surface area contributed by atoms with E-state index in [1.54, 1.807) is 12.2 Å². The monoisotopic (exact) mass is 558 g/mol. The Morgan fingerprint density at radius 1 is 0.425 bits per heavy atom. The van der Waals surface area contributed by atoms with Crippen molar-refractivity contribution in [2.45, 2.75) is 61.2 Å². The molecule has 0 fully saturated rings. The molecule has 0 saturated heterocycles. The molecular weight excluding hydrogens is 536 g/mol. The Kier molecular flexibility index (Phi) is 5.16. The molecule has 0 N–H and O–H groups in total. The summed E-state index contributed by atoms with van der Waals surface area (Å²) in [5.74, 6) is -21.2. The predicted octanol–water partition coefficient (Wildman–Crippen LogP) is 9.39. The van der Waals surface area contributed by atoms with Crippen molar-refractivity contribution in [1.29, 1.82) is 0 Å². The van der Waals surface area contributed by atoms with Crippen molar-refractivity contribution in [3.8, 4) is 0 Å². The summed E-state index contributed by atoms with van der Waals surface area (Å²) in [6.07, 6.45) is 5.21. The van der Waals surface area contributed by atoms with Gasteiger partial charge in [-0.25, -0.2) is 0 Å². The number of hydrogen-bond acceptors (Lipinski definition) is 0. The summed E-state index contributed by atoms with van der Waals surface area (Å²) in [7, 11) is 0. The van der Waals surface area contributed by atoms with Crippen LogP contribution in [0.1, 0.15) is 69.2 Å². The van der Waals surface area contributed by atoms with Gasteiger partial charge in [-0.05, 0) is 47.9 Å². The molecule has 8 heteroatoms. The number of rotatable bonds is 0. The van der Waals surface area contributed by atoms with Gasteiger partial charge in [-0.1, -0.05) is 84.0 Å². The van der Waals surface area contributed by atoms with E-state index in [4.69, 9.17) is 0 Å². The molecule has 2 atom stereocenters. The van der Waals surface area contributed by atoms with Gasteiger partial charge < -0.3 is 0 Å². The van der Waals surface area contributed by atoms with Crippen LogP contribution < -0.4 is 0 Å². The summed E-state index contributed by atoms with van der Waals surface area (Å²) in [6.45, 7) is 0. The normalized spacial score (nSPS) is 26.2. The first kappa shape index (κ1) is 25.5. The van der Waals surface area contributed by atoms with Crippen molar-refractivity contribution in [3.05, 3.63) is 128 Å². The highest BCUT2D eigenvalue weighted by atomic mass is 19.3.